The third-order valence-electron chi connectivity index (χ3n) is 4.89. The van der Waals surface area contributed by atoms with Crippen LogP contribution in [0.25, 0.3) is 6.08 Å². The van der Waals surface area contributed by atoms with Crippen LogP contribution in [0.15, 0.2) is 60.2 Å². The topological polar surface area (TPSA) is 66.4 Å². The van der Waals surface area contributed by atoms with Crippen molar-refractivity contribution in [2.45, 2.75) is 6.04 Å². The van der Waals surface area contributed by atoms with Gasteiger partial charge in [-0.15, -0.1) is 0 Å². The number of carbonyl (C=O) groups excluding carboxylic acids is 2. The first-order chi connectivity index (χ1) is 12.1. The van der Waals surface area contributed by atoms with Gasteiger partial charge in [-0.1, -0.05) is 48.6 Å². The van der Waals surface area contributed by atoms with Gasteiger partial charge in [-0.05, 0) is 17.7 Å². The van der Waals surface area contributed by atoms with Crippen LogP contribution in [0.4, 0.5) is 5.69 Å². The van der Waals surface area contributed by atoms with Crippen LogP contribution in [0.5, 0.6) is 5.75 Å². The summed E-state index contributed by atoms with van der Waals surface area (Å²) in [6, 6.07) is 8.24. The zero-order valence-electron chi connectivity index (χ0n) is 13.1. The van der Waals surface area contributed by atoms with Crippen molar-refractivity contribution in [2.24, 2.45) is 0 Å². The van der Waals surface area contributed by atoms with Gasteiger partial charge in [0.25, 0.3) is 0 Å². The summed E-state index contributed by atoms with van der Waals surface area (Å²) >= 11 is 0. The molecule has 0 saturated carbocycles. The van der Waals surface area contributed by atoms with Crippen molar-refractivity contribution >= 4 is 23.3 Å². The molecule has 4 nitrogen and oxygen atoms in total. The molecule has 1 heterocycles. The molecule has 2 aromatic rings. The van der Waals surface area contributed by atoms with E-state index in [-0.39, 0.29) is 34.5 Å². The summed E-state index contributed by atoms with van der Waals surface area (Å²) in [5.41, 5.74) is 3.42. The lowest BCUT2D eigenvalue weighted by molar-refractivity contribution is 0.0977. The van der Waals surface area contributed by atoms with Crippen LogP contribution in [0, 0.1) is 0 Å². The van der Waals surface area contributed by atoms with Gasteiger partial charge in [0, 0.05) is 16.7 Å². The molecule has 0 spiro atoms. The second-order valence-electron chi connectivity index (χ2n) is 6.32. The summed E-state index contributed by atoms with van der Waals surface area (Å²) in [5.74, 6) is -0.716. The van der Waals surface area contributed by atoms with Gasteiger partial charge in [0.2, 0.25) is 0 Å². The number of allylic oxidation sites excluding steroid dienone is 2. The van der Waals surface area contributed by atoms with Crippen molar-refractivity contribution in [3.05, 3.63) is 88.0 Å². The summed E-state index contributed by atoms with van der Waals surface area (Å²) in [7, 11) is 0. The maximum absolute atomic E-state index is 13.1. The number of hydrogen-bond donors (Lipinski definition) is 2. The molecular weight excluding hydrogens is 314 g/mol. The Balaban J connectivity index is 1.81. The highest BCUT2D eigenvalue weighted by atomic mass is 16.3. The van der Waals surface area contributed by atoms with Gasteiger partial charge in [0.1, 0.15) is 5.75 Å². The zero-order valence-corrected chi connectivity index (χ0v) is 13.1. The van der Waals surface area contributed by atoms with Crippen molar-refractivity contribution in [3.63, 3.8) is 0 Å². The van der Waals surface area contributed by atoms with Gasteiger partial charge in [-0.2, -0.15) is 0 Å². The number of phenolic OH excluding ortho intramolecular Hbond substituents is 1. The SMILES string of the molecule is O=C1c2ccccc2C(=O)c2c3c(cc(O)c21)C=C1C=CC=CC1N3. The quantitative estimate of drug-likeness (QED) is 0.621. The maximum atomic E-state index is 13.1. The molecule has 1 unspecified atom stereocenters. The second kappa shape index (κ2) is 4.80. The molecule has 2 aromatic carbocycles. The monoisotopic (exact) mass is 327 g/mol. The third-order valence-corrected chi connectivity index (χ3v) is 4.89. The predicted octanol–water partition coefficient (Wildman–Crippen LogP) is 3.47. The van der Waals surface area contributed by atoms with Gasteiger partial charge < -0.3 is 10.4 Å². The highest BCUT2D eigenvalue weighted by molar-refractivity contribution is 6.31. The second-order valence-corrected chi connectivity index (χ2v) is 6.32. The molecule has 0 amide bonds. The Morgan fingerprint density at radius 1 is 0.960 bits per heavy atom. The first-order valence-corrected chi connectivity index (χ1v) is 8.06. The molecular formula is C21H13NO3. The molecule has 120 valence electrons. The fourth-order valence-corrected chi connectivity index (χ4v) is 3.72. The predicted molar refractivity (Wildman–Crippen MR) is 95.1 cm³/mol. The van der Waals surface area contributed by atoms with E-state index in [0.29, 0.717) is 22.4 Å². The summed E-state index contributed by atoms with van der Waals surface area (Å²) in [6.07, 6.45) is 9.80. The standard InChI is InChI=1S/C21H13NO3/c23-16-10-12-9-11-5-1-4-8-15(11)22-19(12)18-17(16)20(24)13-6-2-3-7-14(13)21(18)25/h1-10,15,22-23H. The van der Waals surface area contributed by atoms with Crippen LogP contribution in [-0.4, -0.2) is 22.7 Å². The van der Waals surface area contributed by atoms with Gasteiger partial charge in [0.05, 0.1) is 22.9 Å². The van der Waals surface area contributed by atoms with Crippen LogP contribution in [0.3, 0.4) is 0 Å². The van der Waals surface area contributed by atoms with Gasteiger partial charge >= 0.3 is 0 Å². The molecule has 0 aromatic heterocycles. The van der Waals surface area contributed by atoms with Gasteiger partial charge in [-0.3, -0.25) is 9.59 Å². The Morgan fingerprint density at radius 3 is 2.44 bits per heavy atom. The molecule has 0 saturated heterocycles. The fraction of sp³-hybridized carbons (Fsp3) is 0.0476. The number of phenols is 1. The number of hydrogen-bond acceptors (Lipinski definition) is 4. The smallest absolute Gasteiger partial charge is 0.198 e. The number of fused-ring (bicyclic) bond motifs is 5. The van der Waals surface area contributed by atoms with E-state index in [2.05, 4.69) is 5.32 Å². The number of nitrogens with one attached hydrogen (secondary N) is 1. The van der Waals surface area contributed by atoms with E-state index in [1.807, 2.05) is 30.4 Å². The molecule has 2 aliphatic carbocycles. The third kappa shape index (κ3) is 1.82. The largest absolute Gasteiger partial charge is 0.507 e. The fourth-order valence-electron chi connectivity index (χ4n) is 3.72. The minimum absolute atomic E-state index is 0.0498. The van der Waals surface area contributed by atoms with Crippen molar-refractivity contribution < 1.29 is 14.7 Å². The van der Waals surface area contributed by atoms with Crippen LogP contribution >= 0.6 is 0 Å². The maximum Gasteiger partial charge on any atom is 0.198 e. The van der Waals surface area contributed by atoms with Crippen molar-refractivity contribution in [1.82, 2.24) is 0 Å². The molecule has 1 aliphatic heterocycles. The molecule has 1 atom stereocenters. The Bertz CT molecular complexity index is 1070. The molecule has 0 radical (unpaired) electrons. The van der Waals surface area contributed by atoms with E-state index >= 15 is 0 Å². The molecule has 4 heteroatoms. The number of anilines is 1. The van der Waals surface area contributed by atoms with E-state index in [0.717, 1.165) is 5.57 Å². The molecule has 0 fully saturated rings. The first kappa shape index (κ1) is 14.0. The molecule has 5 rings (SSSR count). The van der Waals surface area contributed by atoms with Crippen LogP contribution in [-0.2, 0) is 0 Å². The highest BCUT2D eigenvalue weighted by Gasteiger charge is 2.36. The van der Waals surface area contributed by atoms with Crippen molar-refractivity contribution in [1.29, 1.82) is 0 Å². The van der Waals surface area contributed by atoms with Gasteiger partial charge in [-0.25, -0.2) is 0 Å². The van der Waals surface area contributed by atoms with Gasteiger partial charge in [0.15, 0.2) is 11.6 Å². The number of ketones is 2. The Labute approximate surface area is 143 Å². The molecule has 2 N–H and O–H groups in total. The molecule has 3 aliphatic rings. The molecule has 25 heavy (non-hydrogen) atoms. The first-order valence-electron chi connectivity index (χ1n) is 8.06. The van der Waals surface area contributed by atoms with Crippen molar-refractivity contribution in [2.75, 3.05) is 5.32 Å². The summed E-state index contributed by atoms with van der Waals surface area (Å²) in [6.45, 7) is 0. The zero-order chi connectivity index (χ0) is 17.1. The summed E-state index contributed by atoms with van der Waals surface area (Å²) in [4.78, 5) is 25.9. The number of benzene rings is 2. The van der Waals surface area contributed by atoms with Crippen LogP contribution in [0.2, 0.25) is 0 Å². The lowest BCUT2D eigenvalue weighted by Crippen LogP contribution is -2.29. The van der Waals surface area contributed by atoms with Crippen LogP contribution in [0.1, 0.15) is 37.4 Å². The average Bonchev–Trinajstić information content (AvgIpc) is 2.64. The van der Waals surface area contributed by atoms with Crippen LogP contribution < -0.4 is 5.32 Å². The van der Waals surface area contributed by atoms with E-state index in [9.17, 15) is 14.7 Å². The minimum Gasteiger partial charge on any atom is -0.507 e. The summed E-state index contributed by atoms with van der Waals surface area (Å²) in [5, 5.41) is 13.8. The van der Waals surface area contributed by atoms with E-state index in [1.54, 1.807) is 30.3 Å². The normalized spacial score (nSPS) is 19.4. The van der Waals surface area contributed by atoms with E-state index in [1.165, 1.54) is 0 Å². The van der Waals surface area contributed by atoms with E-state index in [4.69, 9.17) is 0 Å². The van der Waals surface area contributed by atoms with Crippen molar-refractivity contribution in [3.8, 4) is 5.75 Å². The average molecular weight is 327 g/mol. The lowest BCUT2D eigenvalue weighted by atomic mass is 9.80. The highest BCUT2D eigenvalue weighted by Crippen LogP contribution is 2.42. The number of rotatable bonds is 0. The Morgan fingerprint density at radius 2 is 1.68 bits per heavy atom. The Hall–Kier alpha value is -3.40. The molecule has 0 bridgehead atoms. The number of aromatic hydroxyl groups is 1. The number of carbonyl (C=O) groups is 2. The summed E-state index contributed by atoms with van der Waals surface area (Å²) < 4.78 is 0. The Kier molecular flexibility index (Phi) is 2.69. The minimum atomic E-state index is -0.318. The van der Waals surface area contributed by atoms with E-state index < -0.39 is 0 Å². The lowest BCUT2D eigenvalue weighted by Gasteiger charge is -2.30.